The summed E-state index contributed by atoms with van der Waals surface area (Å²) in [6.07, 6.45) is 1.95. The average Bonchev–Trinajstić information content (AvgIpc) is 2.46. The number of carbonyl (C=O) groups excluding carboxylic acids is 1. The first-order valence-electron chi connectivity index (χ1n) is 6.24. The van der Waals surface area contributed by atoms with Crippen molar-refractivity contribution in [3.05, 3.63) is 35.4 Å². The van der Waals surface area contributed by atoms with Crippen molar-refractivity contribution in [3.63, 3.8) is 0 Å². The molecule has 0 saturated carbocycles. The summed E-state index contributed by atoms with van der Waals surface area (Å²) < 4.78 is 10.1. The third-order valence-electron chi connectivity index (χ3n) is 3.47. The van der Waals surface area contributed by atoms with Crippen LogP contribution in [-0.2, 0) is 9.47 Å². The molecule has 0 unspecified atom stereocenters. The zero-order valence-electron chi connectivity index (χ0n) is 11.0. The number of hydrogen-bond acceptors (Lipinski definition) is 4. The van der Waals surface area contributed by atoms with E-state index in [4.69, 9.17) is 15.2 Å². The molecule has 4 nitrogen and oxygen atoms in total. The summed E-state index contributed by atoms with van der Waals surface area (Å²) >= 11 is 0. The first-order valence-corrected chi connectivity index (χ1v) is 6.24. The summed E-state index contributed by atoms with van der Waals surface area (Å²) in [6, 6.07) is 7.34. The van der Waals surface area contributed by atoms with Crippen LogP contribution in [-0.4, -0.2) is 26.3 Å². The van der Waals surface area contributed by atoms with E-state index in [1.165, 1.54) is 7.11 Å². The minimum absolute atomic E-state index is 0. The van der Waals surface area contributed by atoms with Crippen LogP contribution in [0, 0.1) is 5.92 Å². The summed E-state index contributed by atoms with van der Waals surface area (Å²) in [5.41, 5.74) is 7.82. The Morgan fingerprint density at radius 1 is 1.42 bits per heavy atom. The molecule has 1 fully saturated rings. The van der Waals surface area contributed by atoms with Gasteiger partial charge in [-0.15, -0.1) is 12.4 Å². The van der Waals surface area contributed by atoms with Crippen molar-refractivity contribution in [2.24, 2.45) is 11.7 Å². The maximum atomic E-state index is 11.5. The van der Waals surface area contributed by atoms with Crippen LogP contribution in [0.2, 0.25) is 0 Å². The molecule has 1 saturated heterocycles. The monoisotopic (exact) mass is 285 g/mol. The van der Waals surface area contributed by atoms with Gasteiger partial charge in [0.15, 0.2) is 0 Å². The fourth-order valence-electron chi connectivity index (χ4n) is 2.34. The third-order valence-corrected chi connectivity index (χ3v) is 3.47. The predicted molar refractivity (Wildman–Crippen MR) is 75.5 cm³/mol. The standard InChI is InChI=1S/C14H19NO3.ClH/c1-17-14(16)12-4-2-3-11(9-12)13(15)10-5-7-18-8-6-10;/h2-4,9-10,13H,5-8,15H2,1H3;1H/t13-;/m0./s1. The minimum atomic E-state index is -0.323. The zero-order valence-corrected chi connectivity index (χ0v) is 11.8. The highest BCUT2D eigenvalue weighted by molar-refractivity contribution is 5.89. The van der Waals surface area contributed by atoms with Crippen LogP contribution in [0.15, 0.2) is 24.3 Å². The van der Waals surface area contributed by atoms with Crippen LogP contribution in [0.3, 0.4) is 0 Å². The maximum absolute atomic E-state index is 11.5. The largest absolute Gasteiger partial charge is 0.465 e. The molecule has 19 heavy (non-hydrogen) atoms. The molecule has 1 heterocycles. The van der Waals surface area contributed by atoms with Crippen molar-refractivity contribution in [3.8, 4) is 0 Å². The molecule has 5 heteroatoms. The normalized spacial score (nSPS) is 17.4. The van der Waals surface area contributed by atoms with E-state index in [0.29, 0.717) is 11.5 Å². The van der Waals surface area contributed by atoms with E-state index < -0.39 is 0 Å². The molecule has 0 bridgehead atoms. The highest BCUT2D eigenvalue weighted by Gasteiger charge is 2.22. The van der Waals surface area contributed by atoms with Crippen molar-refractivity contribution in [2.75, 3.05) is 20.3 Å². The van der Waals surface area contributed by atoms with E-state index in [1.807, 2.05) is 18.2 Å². The lowest BCUT2D eigenvalue weighted by Crippen LogP contribution is -2.27. The van der Waals surface area contributed by atoms with Crippen LogP contribution >= 0.6 is 12.4 Å². The van der Waals surface area contributed by atoms with Crippen molar-refractivity contribution in [2.45, 2.75) is 18.9 Å². The minimum Gasteiger partial charge on any atom is -0.465 e. The quantitative estimate of drug-likeness (QED) is 0.866. The van der Waals surface area contributed by atoms with E-state index in [2.05, 4.69) is 0 Å². The molecule has 0 spiro atoms. The predicted octanol–water partition coefficient (Wildman–Crippen LogP) is 2.32. The summed E-state index contributed by atoms with van der Waals surface area (Å²) in [7, 11) is 1.38. The van der Waals surface area contributed by atoms with Crippen molar-refractivity contribution >= 4 is 18.4 Å². The Kier molecular flexibility index (Phi) is 6.28. The SMILES string of the molecule is COC(=O)c1cccc([C@@H](N)C2CCOCC2)c1.Cl. The first kappa shape index (κ1) is 16.0. The maximum Gasteiger partial charge on any atom is 0.337 e. The second kappa shape index (κ2) is 7.48. The summed E-state index contributed by atoms with van der Waals surface area (Å²) in [4.78, 5) is 11.5. The molecule has 1 aromatic carbocycles. The van der Waals surface area contributed by atoms with Gasteiger partial charge in [-0.3, -0.25) is 0 Å². The highest BCUT2D eigenvalue weighted by Crippen LogP contribution is 2.28. The van der Waals surface area contributed by atoms with Gasteiger partial charge in [-0.2, -0.15) is 0 Å². The lowest BCUT2D eigenvalue weighted by Gasteiger charge is -2.28. The van der Waals surface area contributed by atoms with Crippen molar-refractivity contribution in [1.82, 2.24) is 0 Å². The fraction of sp³-hybridized carbons (Fsp3) is 0.500. The topological polar surface area (TPSA) is 61.5 Å². The van der Waals surface area contributed by atoms with Crippen LogP contribution in [0.5, 0.6) is 0 Å². The molecule has 0 amide bonds. The lowest BCUT2D eigenvalue weighted by atomic mass is 9.87. The van der Waals surface area contributed by atoms with Gasteiger partial charge < -0.3 is 15.2 Å². The number of hydrogen-bond donors (Lipinski definition) is 1. The van der Waals surface area contributed by atoms with E-state index in [-0.39, 0.29) is 24.4 Å². The molecule has 2 rings (SSSR count). The summed E-state index contributed by atoms with van der Waals surface area (Å²) in [6.45, 7) is 1.55. The molecule has 2 N–H and O–H groups in total. The number of esters is 1. The number of nitrogens with two attached hydrogens (primary N) is 1. The molecule has 1 aromatic rings. The van der Waals surface area contributed by atoms with E-state index >= 15 is 0 Å². The molecular weight excluding hydrogens is 266 g/mol. The Hall–Kier alpha value is -1.10. The number of methoxy groups -OCH3 is 1. The average molecular weight is 286 g/mol. The molecule has 106 valence electrons. The molecule has 1 aliphatic heterocycles. The van der Waals surface area contributed by atoms with E-state index in [9.17, 15) is 4.79 Å². The van der Waals surface area contributed by atoms with Gasteiger partial charge in [-0.25, -0.2) is 4.79 Å². The Balaban J connectivity index is 0.00000180. The van der Waals surface area contributed by atoms with E-state index in [1.54, 1.807) is 6.07 Å². The van der Waals surface area contributed by atoms with Gasteiger partial charge in [0.25, 0.3) is 0 Å². The fourth-order valence-corrected chi connectivity index (χ4v) is 2.34. The number of ether oxygens (including phenoxy) is 2. The molecule has 1 aliphatic rings. The Labute approximate surface area is 119 Å². The van der Waals surface area contributed by atoms with Crippen molar-refractivity contribution in [1.29, 1.82) is 0 Å². The molecule has 1 atom stereocenters. The van der Waals surface area contributed by atoms with Gasteiger partial charge in [0, 0.05) is 19.3 Å². The summed E-state index contributed by atoms with van der Waals surface area (Å²) in [5, 5.41) is 0. The molecular formula is C14H20ClNO3. The number of halogens is 1. The Bertz CT molecular complexity index is 419. The highest BCUT2D eigenvalue weighted by atomic mass is 35.5. The lowest BCUT2D eigenvalue weighted by molar-refractivity contribution is 0.0578. The van der Waals surface area contributed by atoms with Crippen LogP contribution in [0.4, 0.5) is 0 Å². The zero-order chi connectivity index (χ0) is 13.0. The first-order chi connectivity index (χ1) is 8.72. The van der Waals surface area contributed by atoms with Gasteiger partial charge in [0.2, 0.25) is 0 Å². The van der Waals surface area contributed by atoms with Crippen LogP contribution in [0.1, 0.15) is 34.8 Å². The third kappa shape index (κ3) is 3.93. The van der Waals surface area contributed by atoms with Gasteiger partial charge >= 0.3 is 5.97 Å². The van der Waals surface area contributed by atoms with Crippen LogP contribution in [0.25, 0.3) is 0 Å². The second-order valence-electron chi connectivity index (χ2n) is 4.59. The van der Waals surface area contributed by atoms with Gasteiger partial charge in [0.05, 0.1) is 12.7 Å². The Morgan fingerprint density at radius 2 is 2.11 bits per heavy atom. The molecule has 0 aromatic heterocycles. The molecule has 0 aliphatic carbocycles. The number of carbonyl (C=O) groups is 1. The summed E-state index contributed by atoms with van der Waals surface area (Å²) in [5.74, 6) is 0.0997. The van der Waals surface area contributed by atoms with Gasteiger partial charge in [0.1, 0.15) is 0 Å². The van der Waals surface area contributed by atoms with Crippen LogP contribution < -0.4 is 5.73 Å². The molecule has 0 radical (unpaired) electrons. The number of benzene rings is 1. The number of rotatable bonds is 3. The van der Waals surface area contributed by atoms with Gasteiger partial charge in [-0.05, 0) is 36.5 Å². The van der Waals surface area contributed by atoms with E-state index in [0.717, 1.165) is 31.6 Å². The Morgan fingerprint density at radius 3 is 2.74 bits per heavy atom. The van der Waals surface area contributed by atoms with Crippen molar-refractivity contribution < 1.29 is 14.3 Å². The second-order valence-corrected chi connectivity index (χ2v) is 4.59. The smallest absolute Gasteiger partial charge is 0.337 e. The van der Waals surface area contributed by atoms with Gasteiger partial charge in [-0.1, -0.05) is 12.1 Å².